The summed E-state index contributed by atoms with van der Waals surface area (Å²) in [5.74, 6) is 0.301. The summed E-state index contributed by atoms with van der Waals surface area (Å²) < 4.78 is 15.7. The number of anilines is 1. The maximum Gasteiger partial charge on any atom is 0.149 e. The molecule has 1 aromatic heterocycles. The van der Waals surface area contributed by atoms with Crippen LogP contribution < -0.4 is 5.73 Å². The SMILES string of the molecule is Cc1ccc(-n2nc(N)c3c2CCCC3)c(F)c1. The maximum atomic E-state index is 14.0. The second kappa shape index (κ2) is 4.12. The number of hydrogen-bond donors (Lipinski definition) is 1. The summed E-state index contributed by atoms with van der Waals surface area (Å²) in [4.78, 5) is 0. The van der Waals surface area contributed by atoms with Gasteiger partial charge in [-0.2, -0.15) is 5.10 Å². The zero-order chi connectivity index (χ0) is 12.7. The molecule has 3 rings (SSSR count). The zero-order valence-corrected chi connectivity index (χ0v) is 10.4. The highest BCUT2D eigenvalue weighted by molar-refractivity contribution is 5.48. The normalized spacial score (nSPS) is 14.6. The Morgan fingerprint density at radius 3 is 2.83 bits per heavy atom. The van der Waals surface area contributed by atoms with E-state index in [1.165, 1.54) is 6.07 Å². The van der Waals surface area contributed by atoms with Crippen LogP contribution in [0.15, 0.2) is 18.2 Å². The highest BCUT2D eigenvalue weighted by Crippen LogP contribution is 2.29. The van der Waals surface area contributed by atoms with Crippen molar-refractivity contribution < 1.29 is 4.39 Å². The van der Waals surface area contributed by atoms with Gasteiger partial charge in [-0.25, -0.2) is 9.07 Å². The first-order chi connectivity index (χ1) is 8.66. The Labute approximate surface area is 105 Å². The van der Waals surface area contributed by atoms with Gasteiger partial charge in [0, 0.05) is 11.3 Å². The molecule has 1 aliphatic carbocycles. The van der Waals surface area contributed by atoms with E-state index in [0.29, 0.717) is 11.5 Å². The average molecular weight is 245 g/mol. The summed E-state index contributed by atoms with van der Waals surface area (Å²) in [6.07, 6.45) is 4.13. The van der Waals surface area contributed by atoms with Crippen LogP contribution in [0.1, 0.15) is 29.7 Å². The van der Waals surface area contributed by atoms with Crippen molar-refractivity contribution in [3.05, 3.63) is 40.8 Å². The van der Waals surface area contributed by atoms with E-state index in [1.807, 2.05) is 13.0 Å². The molecule has 0 saturated carbocycles. The second-order valence-electron chi connectivity index (χ2n) is 4.88. The van der Waals surface area contributed by atoms with Gasteiger partial charge in [0.25, 0.3) is 0 Å². The lowest BCUT2D eigenvalue weighted by Gasteiger charge is -2.14. The molecule has 0 spiro atoms. The number of aromatic nitrogens is 2. The predicted octanol–water partition coefficient (Wildman–Crippen LogP) is 2.78. The van der Waals surface area contributed by atoms with E-state index in [4.69, 9.17) is 5.73 Å². The van der Waals surface area contributed by atoms with E-state index in [0.717, 1.165) is 42.5 Å². The van der Waals surface area contributed by atoms with Crippen LogP contribution in [0.3, 0.4) is 0 Å². The predicted molar refractivity (Wildman–Crippen MR) is 69.3 cm³/mol. The Balaban J connectivity index is 2.17. The molecule has 0 radical (unpaired) electrons. The third-order valence-electron chi connectivity index (χ3n) is 3.54. The summed E-state index contributed by atoms with van der Waals surface area (Å²) in [7, 11) is 0. The Kier molecular flexibility index (Phi) is 2.58. The fraction of sp³-hybridized carbons (Fsp3) is 0.357. The van der Waals surface area contributed by atoms with Crippen molar-refractivity contribution in [3.63, 3.8) is 0 Å². The standard InChI is InChI=1S/C14H16FN3/c1-9-6-7-13(11(15)8-9)18-12-5-3-2-4-10(12)14(16)17-18/h6-8H,2-5H2,1H3,(H2,16,17). The number of rotatable bonds is 1. The molecule has 2 aromatic rings. The van der Waals surface area contributed by atoms with Gasteiger partial charge >= 0.3 is 0 Å². The van der Waals surface area contributed by atoms with E-state index < -0.39 is 0 Å². The van der Waals surface area contributed by atoms with Gasteiger partial charge in [-0.3, -0.25) is 0 Å². The van der Waals surface area contributed by atoms with E-state index >= 15 is 0 Å². The molecule has 0 saturated heterocycles. The molecule has 1 aromatic carbocycles. The number of benzene rings is 1. The highest BCUT2D eigenvalue weighted by Gasteiger charge is 2.21. The average Bonchev–Trinajstić information content (AvgIpc) is 2.68. The molecule has 0 fully saturated rings. The minimum absolute atomic E-state index is 0.245. The van der Waals surface area contributed by atoms with Gasteiger partial charge < -0.3 is 5.73 Å². The molecule has 94 valence electrons. The molecular weight excluding hydrogens is 229 g/mol. The molecule has 0 unspecified atom stereocenters. The van der Waals surface area contributed by atoms with Crippen LogP contribution in [0, 0.1) is 12.7 Å². The third-order valence-corrected chi connectivity index (χ3v) is 3.54. The minimum atomic E-state index is -0.245. The lowest BCUT2D eigenvalue weighted by atomic mass is 9.97. The number of nitrogens with zero attached hydrogens (tertiary/aromatic N) is 2. The third kappa shape index (κ3) is 1.68. The Morgan fingerprint density at radius 1 is 1.28 bits per heavy atom. The van der Waals surface area contributed by atoms with Crippen LogP contribution in [-0.4, -0.2) is 9.78 Å². The van der Waals surface area contributed by atoms with Crippen molar-refractivity contribution in [1.29, 1.82) is 0 Å². The number of hydrogen-bond acceptors (Lipinski definition) is 2. The first-order valence-electron chi connectivity index (χ1n) is 6.29. The maximum absolute atomic E-state index is 14.0. The van der Waals surface area contributed by atoms with Gasteiger partial charge in [-0.05, 0) is 50.3 Å². The van der Waals surface area contributed by atoms with Gasteiger partial charge in [-0.15, -0.1) is 0 Å². The van der Waals surface area contributed by atoms with Crippen molar-refractivity contribution in [2.24, 2.45) is 0 Å². The fourth-order valence-electron chi connectivity index (χ4n) is 2.61. The molecule has 0 amide bonds. The van der Waals surface area contributed by atoms with Crippen LogP contribution in [0.4, 0.5) is 10.2 Å². The molecule has 3 nitrogen and oxygen atoms in total. The lowest BCUT2D eigenvalue weighted by Crippen LogP contribution is -2.09. The summed E-state index contributed by atoms with van der Waals surface area (Å²) in [6.45, 7) is 1.87. The van der Waals surface area contributed by atoms with Crippen LogP contribution in [0.5, 0.6) is 0 Å². The highest BCUT2D eigenvalue weighted by atomic mass is 19.1. The Hall–Kier alpha value is -1.84. The van der Waals surface area contributed by atoms with Crippen LogP contribution >= 0.6 is 0 Å². The summed E-state index contributed by atoms with van der Waals surface area (Å²) >= 11 is 0. The topological polar surface area (TPSA) is 43.8 Å². The quantitative estimate of drug-likeness (QED) is 0.839. The van der Waals surface area contributed by atoms with Gasteiger partial charge in [0.2, 0.25) is 0 Å². The van der Waals surface area contributed by atoms with Gasteiger partial charge in [0.1, 0.15) is 17.3 Å². The van der Waals surface area contributed by atoms with Gasteiger partial charge in [-0.1, -0.05) is 6.07 Å². The molecule has 0 atom stereocenters. The smallest absolute Gasteiger partial charge is 0.149 e. The number of aryl methyl sites for hydroxylation is 1. The number of nitrogen functional groups attached to an aromatic ring is 1. The summed E-state index contributed by atoms with van der Waals surface area (Å²) in [6, 6.07) is 5.19. The van der Waals surface area contributed by atoms with E-state index in [-0.39, 0.29) is 5.82 Å². The molecular formula is C14H16FN3. The van der Waals surface area contributed by atoms with Crippen molar-refractivity contribution in [2.75, 3.05) is 5.73 Å². The van der Waals surface area contributed by atoms with E-state index in [1.54, 1.807) is 10.7 Å². The molecule has 1 heterocycles. The first kappa shape index (κ1) is 11.3. The number of nitrogens with two attached hydrogens (primary N) is 1. The van der Waals surface area contributed by atoms with Crippen LogP contribution in [0.2, 0.25) is 0 Å². The molecule has 4 heteroatoms. The first-order valence-corrected chi connectivity index (χ1v) is 6.29. The molecule has 0 aliphatic heterocycles. The largest absolute Gasteiger partial charge is 0.382 e. The summed E-state index contributed by atoms with van der Waals surface area (Å²) in [5.41, 5.74) is 9.50. The molecule has 0 bridgehead atoms. The van der Waals surface area contributed by atoms with Crippen LogP contribution in [0.25, 0.3) is 5.69 Å². The fourth-order valence-corrected chi connectivity index (χ4v) is 2.61. The molecule has 2 N–H and O–H groups in total. The van der Waals surface area contributed by atoms with Gasteiger partial charge in [0.15, 0.2) is 0 Å². The lowest BCUT2D eigenvalue weighted by molar-refractivity contribution is 0.596. The zero-order valence-electron chi connectivity index (χ0n) is 10.4. The minimum Gasteiger partial charge on any atom is -0.382 e. The van der Waals surface area contributed by atoms with E-state index in [2.05, 4.69) is 5.10 Å². The molecule has 1 aliphatic rings. The van der Waals surface area contributed by atoms with Crippen LogP contribution in [-0.2, 0) is 12.8 Å². The van der Waals surface area contributed by atoms with E-state index in [9.17, 15) is 4.39 Å². The molecule has 18 heavy (non-hydrogen) atoms. The number of halogens is 1. The second-order valence-corrected chi connectivity index (χ2v) is 4.88. The monoisotopic (exact) mass is 245 g/mol. The Bertz CT molecular complexity index is 601. The van der Waals surface area contributed by atoms with Crippen molar-refractivity contribution in [2.45, 2.75) is 32.6 Å². The van der Waals surface area contributed by atoms with Crippen molar-refractivity contribution in [1.82, 2.24) is 9.78 Å². The number of fused-ring (bicyclic) bond motifs is 1. The van der Waals surface area contributed by atoms with Crippen molar-refractivity contribution in [3.8, 4) is 5.69 Å². The van der Waals surface area contributed by atoms with Gasteiger partial charge in [0.05, 0.1) is 0 Å². The summed E-state index contributed by atoms with van der Waals surface area (Å²) in [5, 5.41) is 4.31. The van der Waals surface area contributed by atoms with Crippen molar-refractivity contribution >= 4 is 5.82 Å². The Morgan fingerprint density at radius 2 is 2.06 bits per heavy atom.